The first-order chi connectivity index (χ1) is 8.51. The molecule has 0 N–H and O–H groups in total. The highest BCUT2D eigenvalue weighted by Gasteiger charge is 2.75. The smallest absolute Gasteiger partial charge is 0.181 e. The van der Waals surface area contributed by atoms with Crippen molar-refractivity contribution in [3.8, 4) is 0 Å². The van der Waals surface area contributed by atoms with Crippen LogP contribution in [0.2, 0.25) is 5.02 Å². The van der Waals surface area contributed by atoms with Crippen LogP contribution in [0.3, 0.4) is 0 Å². The number of rotatable bonds is 2. The van der Waals surface area contributed by atoms with Gasteiger partial charge in [0.2, 0.25) is 0 Å². The van der Waals surface area contributed by atoms with Crippen LogP contribution < -0.4 is 0 Å². The van der Waals surface area contributed by atoms with Gasteiger partial charge in [0.25, 0.3) is 0 Å². The molecule has 0 radical (unpaired) electrons. The second-order valence-corrected chi connectivity index (χ2v) is 9.23. The highest BCUT2D eigenvalue weighted by atomic mass is 79.9. The van der Waals surface area contributed by atoms with Crippen LogP contribution in [0.1, 0.15) is 6.42 Å². The van der Waals surface area contributed by atoms with Crippen LogP contribution in [0, 0.1) is 23.7 Å². The second kappa shape index (κ2) is 3.53. The standard InChI is InChI=1S/C13H12BrClO2S/c14-12-9-5-8-10(12)11(8)13(9)18(16,17)7-3-1-6(15)2-4-7/h1-4,8-13H,5H2. The van der Waals surface area contributed by atoms with Gasteiger partial charge in [-0.3, -0.25) is 0 Å². The molecule has 4 fully saturated rings. The van der Waals surface area contributed by atoms with E-state index in [2.05, 4.69) is 15.9 Å². The first-order valence-corrected chi connectivity index (χ1v) is 8.99. The van der Waals surface area contributed by atoms with Gasteiger partial charge in [0.05, 0.1) is 10.1 Å². The van der Waals surface area contributed by atoms with Crippen molar-refractivity contribution in [2.45, 2.75) is 21.4 Å². The van der Waals surface area contributed by atoms with Crippen molar-refractivity contribution >= 4 is 37.4 Å². The SMILES string of the molecule is O=S(=O)(c1ccc(Cl)cc1)C1C2CC3C(C2Br)C31. The molecule has 4 saturated carbocycles. The number of sulfone groups is 1. The van der Waals surface area contributed by atoms with Gasteiger partial charge >= 0.3 is 0 Å². The fourth-order valence-electron chi connectivity index (χ4n) is 4.20. The Hall–Kier alpha value is -0.0600. The second-order valence-electron chi connectivity index (χ2n) is 5.63. The highest BCUT2D eigenvalue weighted by Crippen LogP contribution is 2.74. The topological polar surface area (TPSA) is 34.1 Å². The Kier molecular flexibility index (Phi) is 2.30. The monoisotopic (exact) mass is 346 g/mol. The molecule has 0 spiro atoms. The van der Waals surface area contributed by atoms with Gasteiger partial charge in [0.1, 0.15) is 0 Å². The van der Waals surface area contributed by atoms with E-state index in [4.69, 9.17) is 11.6 Å². The molecule has 4 bridgehead atoms. The lowest BCUT2D eigenvalue weighted by Crippen LogP contribution is -2.27. The van der Waals surface area contributed by atoms with E-state index >= 15 is 0 Å². The maximum Gasteiger partial charge on any atom is 0.181 e. The van der Waals surface area contributed by atoms with Crippen LogP contribution in [-0.2, 0) is 9.84 Å². The average Bonchev–Trinajstić information content (AvgIpc) is 2.65. The summed E-state index contributed by atoms with van der Waals surface area (Å²) in [4.78, 5) is 0.842. The quantitative estimate of drug-likeness (QED) is 0.770. The van der Waals surface area contributed by atoms with E-state index in [0.29, 0.717) is 38.4 Å². The third-order valence-corrected chi connectivity index (χ3v) is 8.77. The molecule has 4 aliphatic rings. The number of hydrogen-bond donors (Lipinski definition) is 0. The zero-order valence-electron chi connectivity index (χ0n) is 9.46. The summed E-state index contributed by atoms with van der Waals surface area (Å²) >= 11 is 9.50. The molecular weight excluding hydrogens is 336 g/mol. The Bertz CT molecular complexity index is 612. The molecule has 6 atom stereocenters. The fourth-order valence-corrected chi connectivity index (χ4v) is 8.19. The lowest BCUT2D eigenvalue weighted by molar-refractivity contribution is 0.547. The largest absolute Gasteiger partial charge is 0.223 e. The molecule has 2 nitrogen and oxygen atoms in total. The first-order valence-electron chi connectivity index (χ1n) is 6.15. The minimum absolute atomic E-state index is 0.168. The average molecular weight is 348 g/mol. The number of alkyl halides is 1. The van der Waals surface area contributed by atoms with Crippen LogP contribution >= 0.6 is 27.5 Å². The van der Waals surface area contributed by atoms with E-state index in [1.807, 2.05) is 0 Å². The summed E-state index contributed by atoms with van der Waals surface area (Å²) in [6.45, 7) is 0. The predicted molar refractivity (Wildman–Crippen MR) is 73.7 cm³/mol. The fraction of sp³-hybridized carbons (Fsp3) is 0.538. The summed E-state index contributed by atoms with van der Waals surface area (Å²) in [7, 11) is -3.19. The van der Waals surface area contributed by atoms with Crippen LogP contribution in [0.5, 0.6) is 0 Å². The van der Waals surface area contributed by atoms with E-state index in [0.717, 1.165) is 6.42 Å². The van der Waals surface area contributed by atoms with Crippen molar-refractivity contribution in [3.05, 3.63) is 29.3 Å². The van der Waals surface area contributed by atoms with Gasteiger partial charge in [-0.2, -0.15) is 0 Å². The van der Waals surface area contributed by atoms with Gasteiger partial charge in [-0.15, -0.1) is 0 Å². The molecule has 0 amide bonds. The summed E-state index contributed by atoms with van der Waals surface area (Å²) in [6, 6.07) is 6.58. The van der Waals surface area contributed by atoms with E-state index in [1.54, 1.807) is 24.3 Å². The van der Waals surface area contributed by atoms with Gasteiger partial charge < -0.3 is 0 Å². The molecule has 18 heavy (non-hydrogen) atoms. The molecule has 0 heterocycles. The predicted octanol–water partition coefficient (Wildman–Crippen LogP) is 3.14. The van der Waals surface area contributed by atoms with Gasteiger partial charge in [0, 0.05) is 9.85 Å². The maximum atomic E-state index is 12.7. The van der Waals surface area contributed by atoms with Crippen molar-refractivity contribution in [3.63, 3.8) is 0 Å². The van der Waals surface area contributed by atoms with Crippen LogP contribution in [0.15, 0.2) is 29.2 Å². The molecule has 0 saturated heterocycles. The van der Waals surface area contributed by atoms with Gasteiger partial charge in [0.15, 0.2) is 9.84 Å². The first kappa shape index (κ1) is 11.7. The normalized spacial score (nSPS) is 44.3. The van der Waals surface area contributed by atoms with E-state index < -0.39 is 9.84 Å². The van der Waals surface area contributed by atoms with Crippen molar-refractivity contribution < 1.29 is 8.42 Å². The van der Waals surface area contributed by atoms with Gasteiger partial charge in [-0.1, -0.05) is 27.5 Å². The van der Waals surface area contributed by atoms with Crippen LogP contribution in [0.4, 0.5) is 0 Å². The molecule has 5 rings (SSSR count). The van der Waals surface area contributed by atoms with E-state index in [-0.39, 0.29) is 5.25 Å². The Morgan fingerprint density at radius 2 is 1.78 bits per heavy atom. The Morgan fingerprint density at radius 3 is 2.22 bits per heavy atom. The lowest BCUT2D eigenvalue weighted by atomic mass is 10.1. The molecule has 4 aliphatic carbocycles. The number of halogens is 2. The van der Waals surface area contributed by atoms with Crippen LogP contribution in [-0.4, -0.2) is 18.5 Å². The number of hydrogen-bond acceptors (Lipinski definition) is 2. The van der Waals surface area contributed by atoms with Crippen molar-refractivity contribution in [2.24, 2.45) is 23.7 Å². The minimum Gasteiger partial charge on any atom is -0.223 e. The Labute approximate surface area is 120 Å². The van der Waals surface area contributed by atoms with Gasteiger partial charge in [-0.25, -0.2) is 8.42 Å². The molecule has 6 unspecified atom stereocenters. The highest BCUT2D eigenvalue weighted by molar-refractivity contribution is 9.09. The maximum absolute atomic E-state index is 12.7. The molecular formula is C13H12BrClO2S. The molecule has 5 heteroatoms. The molecule has 0 aliphatic heterocycles. The van der Waals surface area contributed by atoms with Gasteiger partial charge in [-0.05, 0) is 54.4 Å². The molecule has 1 aromatic rings. The summed E-state index contributed by atoms with van der Waals surface area (Å²) in [5.41, 5.74) is 0. The molecule has 0 aromatic heterocycles. The van der Waals surface area contributed by atoms with Crippen molar-refractivity contribution in [1.82, 2.24) is 0 Å². The minimum atomic E-state index is -3.19. The number of benzene rings is 1. The summed E-state index contributed by atoms with van der Waals surface area (Å²) in [6.07, 6.45) is 1.09. The lowest BCUT2D eigenvalue weighted by Gasteiger charge is -2.17. The van der Waals surface area contributed by atoms with E-state index in [9.17, 15) is 8.42 Å². The van der Waals surface area contributed by atoms with Crippen LogP contribution in [0.25, 0.3) is 0 Å². The third kappa shape index (κ3) is 1.32. The summed E-state index contributed by atoms with van der Waals surface area (Å²) in [5, 5.41) is 0.408. The summed E-state index contributed by atoms with van der Waals surface area (Å²) in [5.74, 6) is 1.99. The third-order valence-electron chi connectivity index (χ3n) is 4.92. The zero-order chi connectivity index (χ0) is 12.7. The van der Waals surface area contributed by atoms with Crippen molar-refractivity contribution in [2.75, 3.05) is 0 Å². The van der Waals surface area contributed by atoms with E-state index in [1.165, 1.54) is 0 Å². The zero-order valence-corrected chi connectivity index (χ0v) is 12.6. The Morgan fingerprint density at radius 1 is 1.11 bits per heavy atom. The molecule has 96 valence electrons. The molecule has 1 aromatic carbocycles. The summed E-state index contributed by atoms with van der Waals surface area (Å²) < 4.78 is 25.4. The van der Waals surface area contributed by atoms with Crippen molar-refractivity contribution in [1.29, 1.82) is 0 Å². The Balaban J connectivity index is 1.75.